The van der Waals surface area contributed by atoms with Crippen molar-refractivity contribution < 1.29 is 41.3 Å². The van der Waals surface area contributed by atoms with Gasteiger partial charge in [0.05, 0.1) is 22.6 Å². The van der Waals surface area contributed by atoms with Crippen molar-refractivity contribution in [3.05, 3.63) is 59.2 Å². The van der Waals surface area contributed by atoms with E-state index in [1.165, 1.54) is 0 Å². The third-order valence-electron chi connectivity index (χ3n) is 5.82. The zero-order valence-electron chi connectivity index (χ0n) is 16.5. The molecule has 0 aromatic heterocycles. The maximum Gasteiger partial charge on any atom is 0.416 e. The average molecular weight is 471 g/mol. The maximum atomic E-state index is 12.8. The predicted molar refractivity (Wildman–Crippen MR) is 106 cm³/mol. The second-order valence-corrected chi connectivity index (χ2v) is 9.60. The van der Waals surface area contributed by atoms with E-state index in [1.807, 2.05) is 0 Å². The maximum absolute atomic E-state index is 12.8. The second kappa shape index (κ2) is 8.05. The number of fused-ring (bicyclic) bond motifs is 3. The van der Waals surface area contributed by atoms with Crippen LogP contribution in [0.5, 0.6) is 5.75 Å². The molecule has 4 unspecified atom stereocenters. The fraction of sp³-hybridized carbons (Fsp3) is 0.381. The van der Waals surface area contributed by atoms with Crippen LogP contribution in [-0.2, 0) is 27.4 Å². The molecule has 2 aromatic rings. The van der Waals surface area contributed by atoms with Gasteiger partial charge in [0.15, 0.2) is 0 Å². The Kier molecular flexibility index (Phi) is 5.68. The molecular formula is C21H20F3NO6S. The van der Waals surface area contributed by atoms with Crippen LogP contribution >= 0.6 is 0 Å². The Labute approximate surface area is 181 Å². The summed E-state index contributed by atoms with van der Waals surface area (Å²) < 4.78 is 72.4. The lowest BCUT2D eigenvalue weighted by Gasteiger charge is -2.22. The molecule has 1 heterocycles. The Morgan fingerprint density at radius 3 is 2.47 bits per heavy atom. The lowest BCUT2D eigenvalue weighted by atomic mass is 9.92. The van der Waals surface area contributed by atoms with Gasteiger partial charge in [-0.1, -0.05) is 18.2 Å². The zero-order chi connectivity index (χ0) is 23.3. The number of sulfonamides is 1. The minimum absolute atomic E-state index is 0.0955. The van der Waals surface area contributed by atoms with Crippen LogP contribution in [0, 0.1) is 0 Å². The molecule has 1 fully saturated rings. The van der Waals surface area contributed by atoms with Gasteiger partial charge in [-0.3, -0.25) is 4.79 Å². The normalized spacial score (nSPS) is 24.6. The van der Waals surface area contributed by atoms with E-state index in [4.69, 9.17) is 9.84 Å². The lowest BCUT2D eigenvalue weighted by molar-refractivity contribution is -0.138. The van der Waals surface area contributed by atoms with Gasteiger partial charge in [0.25, 0.3) is 0 Å². The Morgan fingerprint density at radius 2 is 1.84 bits per heavy atom. The fourth-order valence-corrected chi connectivity index (χ4v) is 5.63. The molecule has 0 radical (unpaired) electrons. The van der Waals surface area contributed by atoms with Crippen molar-refractivity contribution in [2.24, 2.45) is 0 Å². The Morgan fingerprint density at radius 1 is 1.16 bits per heavy atom. The van der Waals surface area contributed by atoms with Gasteiger partial charge in [0.1, 0.15) is 11.9 Å². The first-order chi connectivity index (χ1) is 15.0. The number of aliphatic hydroxyl groups is 1. The molecule has 1 aliphatic heterocycles. The van der Waals surface area contributed by atoms with Gasteiger partial charge in [0, 0.05) is 24.3 Å². The number of hydrogen-bond acceptors (Lipinski definition) is 5. The van der Waals surface area contributed by atoms with E-state index in [0.717, 1.165) is 12.1 Å². The number of aliphatic carboxylic acids is 1. The second-order valence-electron chi connectivity index (χ2n) is 7.88. The highest BCUT2D eigenvalue weighted by Crippen LogP contribution is 2.49. The molecule has 0 saturated heterocycles. The molecule has 11 heteroatoms. The number of carboxylic acid groups (broad SMARTS) is 1. The molecule has 4 atom stereocenters. The van der Waals surface area contributed by atoms with Crippen LogP contribution in [0.15, 0.2) is 47.4 Å². The van der Waals surface area contributed by atoms with Gasteiger partial charge in [-0.2, -0.15) is 13.2 Å². The van der Waals surface area contributed by atoms with E-state index in [9.17, 15) is 31.5 Å². The van der Waals surface area contributed by atoms with Crippen molar-refractivity contribution in [3.8, 4) is 5.75 Å². The summed E-state index contributed by atoms with van der Waals surface area (Å²) in [5, 5.41) is 19.4. The zero-order valence-corrected chi connectivity index (χ0v) is 17.4. The summed E-state index contributed by atoms with van der Waals surface area (Å²) in [4.78, 5) is 10.6. The van der Waals surface area contributed by atoms with Gasteiger partial charge in [-0.05, 0) is 36.2 Å². The van der Waals surface area contributed by atoms with E-state index < -0.39 is 51.9 Å². The molecule has 2 aromatic carbocycles. The highest BCUT2D eigenvalue weighted by Gasteiger charge is 2.51. The van der Waals surface area contributed by atoms with Crippen LogP contribution in [0.1, 0.15) is 35.4 Å². The lowest BCUT2D eigenvalue weighted by Crippen LogP contribution is -2.43. The molecule has 3 N–H and O–H groups in total. The molecule has 172 valence electrons. The van der Waals surface area contributed by atoms with Crippen molar-refractivity contribution >= 4 is 16.0 Å². The number of carboxylic acids is 1. The number of ether oxygens (including phenoxy) is 1. The minimum Gasteiger partial charge on any atom is -0.489 e. The summed E-state index contributed by atoms with van der Waals surface area (Å²) in [7, 11) is -4.22. The smallest absolute Gasteiger partial charge is 0.416 e. The standard InChI is InChI=1S/C21H20F3NO6S/c22-21(23,24)12-5-7-13(8-6-12)32(29,30)25-19-15(26)10-16-18(19)14-3-1-2-11(20(14)31-16)4-9-17(27)28/h1-3,5-8,15-16,18-19,25-26H,4,9-10H2,(H,27,28). The van der Waals surface area contributed by atoms with Crippen molar-refractivity contribution in [2.45, 2.75) is 54.5 Å². The SMILES string of the molecule is O=C(O)CCc1cccc2c1OC1CC(O)C(NS(=O)(=O)c3ccc(C(F)(F)F)cc3)C21. The van der Waals surface area contributed by atoms with E-state index in [1.54, 1.807) is 18.2 Å². The molecule has 0 spiro atoms. The summed E-state index contributed by atoms with van der Waals surface area (Å²) >= 11 is 0. The summed E-state index contributed by atoms with van der Waals surface area (Å²) in [5.41, 5.74) is 0.372. The highest BCUT2D eigenvalue weighted by molar-refractivity contribution is 7.89. The number of para-hydroxylation sites is 1. The molecule has 4 rings (SSSR count). The number of halogens is 3. The number of aliphatic hydroxyl groups excluding tert-OH is 1. The number of carbonyl (C=O) groups is 1. The topological polar surface area (TPSA) is 113 Å². The largest absolute Gasteiger partial charge is 0.489 e. The molecule has 2 aliphatic rings. The van der Waals surface area contributed by atoms with E-state index in [-0.39, 0.29) is 24.2 Å². The fourth-order valence-electron chi connectivity index (χ4n) is 4.34. The molecule has 32 heavy (non-hydrogen) atoms. The quantitative estimate of drug-likeness (QED) is 0.597. The van der Waals surface area contributed by atoms with E-state index in [0.29, 0.717) is 29.0 Å². The number of benzene rings is 2. The Bertz CT molecular complexity index is 1130. The summed E-state index contributed by atoms with van der Waals surface area (Å²) in [5.74, 6) is -0.984. The predicted octanol–water partition coefficient (Wildman–Crippen LogP) is 2.68. The Balaban J connectivity index is 1.59. The molecule has 7 nitrogen and oxygen atoms in total. The first-order valence-electron chi connectivity index (χ1n) is 9.85. The number of aryl methyl sites for hydroxylation is 1. The van der Waals surface area contributed by atoms with Crippen LogP contribution in [0.25, 0.3) is 0 Å². The monoisotopic (exact) mass is 471 g/mol. The van der Waals surface area contributed by atoms with Gasteiger partial charge in [-0.15, -0.1) is 0 Å². The van der Waals surface area contributed by atoms with Gasteiger partial charge in [-0.25, -0.2) is 13.1 Å². The van der Waals surface area contributed by atoms with Crippen LogP contribution in [0.3, 0.4) is 0 Å². The summed E-state index contributed by atoms with van der Waals surface area (Å²) in [6.45, 7) is 0. The van der Waals surface area contributed by atoms with Crippen LogP contribution in [0.2, 0.25) is 0 Å². The van der Waals surface area contributed by atoms with Gasteiger partial charge in [0.2, 0.25) is 10.0 Å². The summed E-state index contributed by atoms with van der Waals surface area (Å²) in [6.07, 6.45) is -5.87. The van der Waals surface area contributed by atoms with Crippen molar-refractivity contribution in [2.75, 3.05) is 0 Å². The Hall–Kier alpha value is -2.63. The number of nitrogens with one attached hydrogen (secondary N) is 1. The number of rotatable bonds is 6. The van der Waals surface area contributed by atoms with Gasteiger partial charge < -0.3 is 14.9 Å². The molecule has 1 aliphatic carbocycles. The van der Waals surface area contributed by atoms with Crippen LogP contribution < -0.4 is 9.46 Å². The van der Waals surface area contributed by atoms with Crippen molar-refractivity contribution in [1.29, 1.82) is 0 Å². The van der Waals surface area contributed by atoms with E-state index >= 15 is 0 Å². The first-order valence-corrected chi connectivity index (χ1v) is 11.3. The van der Waals surface area contributed by atoms with Crippen molar-refractivity contribution in [1.82, 2.24) is 4.72 Å². The molecular weight excluding hydrogens is 451 g/mol. The number of alkyl halides is 3. The van der Waals surface area contributed by atoms with E-state index in [2.05, 4.69) is 4.72 Å². The number of hydrogen-bond donors (Lipinski definition) is 3. The van der Waals surface area contributed by atoms with Crippen LogP contribution in [0.4, 0.5) is 13.2 Å². The summed E-state index contributed by atoms with van der Waals surface area (Å²) in [6, 6.07) is 7.34. The minimum atomic E-state index is -4.59. The first kappa shape index (κ1) is 22.6. The molecule has 0 bridgehead atoms. The van der Waals surface area contributed by atoms with Gasteiger partial charge >= 0.3 is 12.1 Å². The molecule has 0 amide bonds. The average Bonchev–Trinajstić information content (AvgIpc) is 3.21. The third-order valence-corrected chi connectivity index (χ3v) is 7.30. The van der Waals surface area contributed by atoms with Crippen molar-refractivity contribution in [3.63, 3.8) is 0 Å². The highest BCUT2D eigenvalue weighted by atomic mass is 32.2. The third kappa shape index (κ3) is 4.19. The molecule has 1 saturated carbocycles. The van der Waals surface area contributed by atoms with Crippen LogP contribution in [-0.4, -0.2) is 42.8 Å².